The van der Waals surface area contributed by atoms with E-state index < -0.39 is 0 Å². The molecule has 0 aliphatic rings. The minimum Gasteiger partial charge on any atom is -0.370 e. The van der Waals surface area contributed by atoms with Gasteiger partial charge in [-0.05, 0) is 37.6 Å². The number of aromatic nitrogens is 1. The van der Waals surface area contributed by atoms with E-state index in [1.165, 1.54) is 16.2 Å². The van der Waals surface area contributed by atoms with Crippen molar-refractivity contribution in [2.75, 3.05) is 24.5 Å². The molecular weight excluding hydrogens is 290 g/mol. The number of amides is 1. The van der Waals surface area contributed by atoms with Gasteiger partial charge in [0.25, 0.3) is 11.5 Å². The van der Waals surface area contributed by atoms with Crippen LogP contribution < -0.4 is 15.8 Å². The molecule has 5 nitrogen and oxygen atoms in total. The van der Waals surface area contributed by atoms with Crippen LogP contribution in [0.15, 0.2) is 47.4 Å². The fourth-order valence-electron chi connectivity index (χ4n) is 2.39. The molecule has 1 amide bonds. The van der Waals surface area contributed by atoms with E-state index in [-0.39, 0.29) is 11.5 Å². The fraction of sp³-hybridized carbons (Fsp3) is 0.333. The zero-order valence-electron chi connectivity index (χ0n) is 13.9. The SMILES string of the molecule is CCN(CCNC(=O)c1ccn(C)c(=O)c1)c1cccc(C)c1. The summed E-state index contributed by atoms with van der Waals surface area (Å²) >= 11 is 0. The number of hydrogen-bond acceptors (Lipinski definition) is 3. The normalized spacial score (nSPS) is 10.4. The highest BCUT2D eigenvalue weighted by atomic mass is 16.2. The highest BCUT2D eigenvalue weighted by molar-refractivity contribution is 5.93. The molecule has 0 aliphatic heterocycles. The second kappa shape index (κ2) is 7.63. The van der Waals surface area contributed by atoms with E-state index >= 15 is 0 Å². The highest BCUT2D eigenvalue weighted by Crippen LogP contribution is 2.14. The van der Waals surface area contributed by atoms with Gasteiger partial charge < -0.3 is 14.8 Å². The van der Waals surface area contributed by atoms with Gasteiger partial charge in [0.1, 0.15) is 0 Å². The zero-order chi connectivity index (χ0) is 16.8. The average Bonchev–Trinajstić information content (AvgIpc) is 2.54. The molecule has 0 bridgehead atoms. The van der Waals surface area contributed by atoms with Crippen molar-refractivity contribution in [3.8, 4) is 0 Å². The van der Waals surface area contributed by atoms with Gasteiger partial charge >= 0.3 is 0 Å². The van der Waals surface area contributed by atoms with Gasteiger partial charge in [0, 0.05) is 50.2 Å². The van der Waals surface area contributed by atoms with Crippen molar-refractivity contribution >= 4 is 11.6 Å². The van der Waals surface area contributed by atoms with Gasteiger partial charge in [-0.3, -0.25) is 9.59 Å². The first kappa shape index (κ1) is 16.8. The van der Waals surface area contributed by atoms with Crippen molar-refractivity contribution in [3.05, 3.63) is 64.1 Å². The number of benzene rings is 1. The number of rotatable bonds is 6. The molecule has 1 aromatic heterocycles. The Bertz CT molecular complexity index is 737. The monoisotopic (exact) mass is 313 g/mol. The van der Waals surface area contributed by atoms with Crippen LogP contribution in [0, 0.1) is 6.92 Å². The van der Waals surface area contributed by atoms with Gasteiger partial charge in [-0.15, -0.1) is 0 Å². The molecule has 0 unspecified atom stereocenters. The van der Waals surface area contributed by atoms with Crippen LogP contribution in [0.25, 0.3) is 0 Å². The topological polar surface area (TPSA) is 54.3 Å². The Hall–Kier alpha value is -2.56. The van der Waals surface area contributed by atoms with Gasteiger partial charge in [0.15, 0.2) is 0 Å². The summed E-state index contributed by atoms with van der Waals surface area (Å²) < 4.78 is 1.44. The maximum absolute atomic E-state index is 12.1. The smallest absolute Gasteiger partial charge is 0.251 e. The number of hydrogen-bond donors (Lipinski definition) is 1. The number of likely N-dealkylation sites (N-methyl/N-ethyl adjacent to an activating group) is 1. The number of carbonyl (C=O) groups excluding carboxylic acids is 1. The predicted octanol–water partition coefficient (Wildman–Crippen LogP) is 1.95. The lowest BCUT2D eigenvalue weighted by molar-refractivity contribution is 0.0954. The van der Waals surface area contributed by atoms with Crippen molar-refractivity contribution in [1.29, 1.82) is 0 Å². The molecule has 1 N–H and O–H groups in total. The summed E-state index contributed by atoms with van der Waals surface area (Å²) in [5, 5.41) is 2.87. The molecule has 1 aromatic carbocycles. The Kier molecular flexibility index (Phi) is 5.57. The third-order valence-corrected chi connectivity index (χ3v) is 3.78. The summed E-state index contributed by atoms with van der Waals surface area (Å²) in [6, 6.07) is 11.3. The van der Waals surface area contributed by atoms with E-state index in [0.717, 1.165) is 18.8 Å². The van der Waals surface area contributed by atoms with Crippen LogP contribution in [0.4, 0.5) is 5.69 Å². The van der Waals surface area contributed by atoms with E-state index in [4.69, 9.17) is 0 Å². The lowest BCUT2D eigenvalue weighted by Crippen LogP contribution is -2.35. The number of pyridine rings is 1. The summed E-state index contributed by atoms with van der Waals surface area (Å²) in [6.07, 6.45) is 1.60. The van der Waals surface area contributed by atoms with Crippen LogP contribution in [0.5, 0.6) is 0 Å². The van der Waals surface area contributed by atoms with E-state index in [1.807, 2.05) is 6.07 Å². The molecule has 5 heteroatoms. The minimum atomic E-state index is -0.219. The quantitative estimate of drug-likeness (QED) is 0.887. The van der Waals surface area contributed by atoms with E-state index in [1.54, 1.807) is 19.3 Å². The second-order valence-electron chi connectivity index (χ2n) is 5.54. The number of anilines is 1. The maximum Gasteiger partial charge on any atom is 0.251 e. The number of carbonyl (C=O) groups is 1. The standard InChI is InChI=1S/C18H23N3O2/c1-4-21(16-7-5-6-14(2)12-16)11-9-19-18(23)15-8-10-20(3)17(22)13-15/h5-8,10,12-13H,4,9,11H2,1-3H3,(H,19,23). The Morgan fingerprint density at radius 3 is 2.70 bits per heavy atom. The molecule has 122 valence electrons. The van der Waals surface area contributed by atoms with Gasteiger partial charge in [0.2, 0.25) is 0 Å². The van der Waals surface area contributed by atoms with Gasteiger partial charge in [-0.2, -0.15) is 0 Å². The molecule has 0 saturated carbocycles. The first-order chi connectivity index (χ1) is 11.0. The molecule has 0 radical (unpaired) electrons. The molecular formula is C18H23N3O2. The van der Waals surface area contributed by atoms with Crippen LogP contribution in [-0.2, 0) is 7.05 Å². The van der Waals surface area contributed by atoms with Gasteiger partial charge in [-0.1, -0.05) is 12.1 Å². The van der Waals surface area contributed by atoms with Crippen molar-refractivity contribution < 1.29 is 4.79 Å². The molecule has 0 atom stereocenters. The summed E-state index contributed by atoms with van der Waals surface area (Å²) in [4.78, 5) is 25.9. The molecule has 0 saturated heterocycles. The molecule has 0 aliphatic carbocycles. The van der Waals surface area contributed by atoms with Crippen molar-refractivity contribution in [3.63, 3.8) is 0 Å². The van der Waals surface area contributed by atoms with Crippen LogP contribution in [-0.4, -0.2) is 30.1 Å². The number of nitrogens with zero attached hydrogens (tertiary/aromatic N) is 2. The van der Waals surface area contributed by atoms with Crippen LogP contribution in [0.2, 0.25) is 0 Å². The lowest BCUT2D eigenvalue weighted by Gasteiger charge is -2.23. The molecule has 0 fully saturated rings. The first-order valence-corrected chi connectivity index (χ1v) is 7.77. The molecule has 2 aromatic rings. The Morgan fingerprint density at radius 1 is 1.26 bits per heavy atom. The Labute approximate surface area is 136 Å². The van der Waals surface area contributed by atoms with Crippen molar-refractivity contribution in [2.45, 2.75) is 13.8 Å². The Balaban J connectivity index is 1.93. The number of nitrogens with one attached hydrogen (secondary N) is 1. The highest BCUT2D eigenvalue weighted by Gasteiger charge is 2.08. The van der Waals surface area contributed by atoms with E-state index in [9.17, 15) is 9.59 Å². The minimum absolute atomic E-state index is 0.187. The average molecular weight is 313 g/mol. The third-order valence-electron chi connectivity index (χ3n) is 3.78. The maximum atomic E-state index is 12.1. The van der Waals surface area contributed by atoms with Gasteiger partial charge in [0.05, 0.1) is 0 Å². The largest absolute Gasteiger partial charge is 0.370 e. The van der Waals surface area contributed by atoms with Crippen molar-refractivity contribution in [2.24, 2.45) is 7.05 Å². The third kappa shape index (κ3) is 4.45. The van der Waals surface area contributed by atoms with Crippen LogP contribution in [0.1, 0.15) is 22.8 Å². The molecule has 1 heterocycles. The van der Waals surface area contributed by atoms with E-state index in [2.05, 4.69) is 42.3 Å². The van der Waals surface area contributed by atoms with Gasteiger partial charge in [-0.25, -0.2) is 0 Å². The molecule has 0 spiro atoms. The van der Waals surface area contributed by atoms with Crippen LogP contribution >= 0.6 is 0 Å². The molecule has 23 heavy (non-hydrogen) atoms. The molecule has 2 rings (SSSR count). The first-order valence-electron chi connectivity index (χ1n) is 7.77. The summed E-state index contributed by atoms with van der Waals surface area (Å²) in [5.41, 5.74) is 2.57. The van der Waals surface area contributed by atoms with Crippen molar-refractivity contribution in [1.82, 2.24) is 9.88 Å². The summed E-state index contributed by atoms with van der Waals surface area (Å²) in [5.74, 6) is -0.219. The fourth-order valence-corrected chi connectivity index (χ4v) is 2.39. The summed E-state index contributed by atoms with van der Waals surface area (Å²) in [6.45, 7) is 6.26. The zero-order valence-corrected chi connectivity index (χ0v) is 13.9. The van der Waals surface area contributed by atoms with E-state index in [0.29, 0.717) is 12.1 Å². The Morgan fingerprint density at radius 2 is 2.04 bits per heavy atom. The summed E-state index contributed by atoms with van der Waals surface area (Å²) in [7, 11) is 1.66. The number of aryl methyl sites for hydroxylation is 2. The second-order valence-corrected chi connectivity index (χ2v) is 5.54. The van der Waals surface area contributed by atoms with Crippen LogP contribution in [0.3, 0.4) is 0 Å². The predicted molar refractivity (Wildman–Crippen MR) is 93.1 cm³/mol. The lowest BCUT2D eigenvalue weighted by atomic mass is 10.2.